The summed E-state index contributed by atoms with van der Waals surface area (Å²) in [7, 11) is 0. The van der Waals surface area contributed by atoms with Gasteiger partial charge in [-0.2, -0.15) is 0 Å². The van der Waals surface area contributed by atoms with E-state index in [2.05, 4.69) is 48.2 Å². The number of allylic oxidation sites excluding steroid dienone is 1. The SMILES string of the molecule is C/C=C1/CN(Cc2ccccc2)C2CC=C(C[N+](=O)[O-])C1C2. The van der Waals surface area contributed by atoms with Crippen LogP contribution in [0.25, 0.3) is 0 Å². The number of likely N-dealkylation sites (tertiary alicyclic amines) is 1. The van der Waals surface area contributed by atoms with Crippen molar-refractivity contribution in [1.82, 2.24) is 4.90 Å². The van der Waals surface area contributed by atoms with Gasteiger partial charge in [0, 0.05) is 35.5 Å². The van der Waals surface area contributed by atoms with E-state index in [4.69, 9.17) is 0 Å². The van der Waals surface area contributed by atoms with Gasteiger partial charge in [0.1, 0.15) is 0 Å². The van der Waals surface area contributed by atoms with Crippen molar-refractivity contribution in [2.75, 3.05) is 13.1 Å². The maximum absolute atomic E-state index is 10.9. The number of fused-ring (bicyclic) bond motifs is 2. The molecule has 0 radical (unpaired) electrons. The van der Waals surface area contributed by atoms with Crippen LogP contribution in [0.1, 0.15) is 25.3 Å². The maximum atomic E-state index is 10.9. The predicted octanol–water partition coefficient (Wildman–Crippen LogP) is 3.43. The first kappa shape index (κ1) is 15.0. The van der Waals surface area contributed by atoms with Crippen molar-refractivity contribution in [2.45, 2.75) is 32.4 Å². The molecule has 4 heteroatoms. The summed E-state index contributed by atoms with van der Waals surface area (Å²) in [5, 5.41) is 10.9. The molecule has 1 aliphatic carbocycles. The van der Waals surface area contributed by atoms with Crippen molar-refractivity contribution >= 4 is 0 Å². The van der Waals surface area contributed by atoms with Gasteiger partial charge in [-0.25, -0.2) is 0 Å². The first-order valence-corrected chi connectivity index (χ1v) is 7.91. The Balaban J connectivity index is 1.79. The molecule has 3 rings (SSSR count). The molecule has 22 heavy (non-hydrogen) atoms. The Morgan fingerprint density at radius 3 is 2.82 bits per heavy atom. The monoisotopic (exact) mass is 298 g/mol. The quantitative estimate of drug-likeness (QED) is 0.486. The summed E-state index contributed by atoms with van der Waals surface area (Å²) in [6.07, 6.45) is 6.22. The van der Waals surface area contributed by atoms with E-state index in [9.17, 15) is 10.1 Å². The topological polar surface area (TPSA) is 46.4 Å². The molecule has 1 fully saturated rings. The summed E-state index contributed by atoms with van der Waals surface area (Å²) >= 11 is 0. The van der Waals surface area contributed by atoms with Crippen LogP contribution in [-0.4, -0.2) is 29.0 Å². The van der Waals surface area contributed by atoms with Gasteiger partial charge in [0.05, 0.1) is 0 Å². The lowest BCUT2D eigenvalue weighted by Gasteiger charge is -2.44. The zero-order valence-corrected chi connectivity index (χ0v) is 12.9. The van der Waals surface area contributed by atoms with Crippen molar-refractivity contribution in [2.24, 2.45) is 5.92 Å². The fourth-order valence-corrected chi connectivity index (χ4v) is 3.73. The molecular formula is C18H22N2O2. The van der Waals surface area contributed by atoms with E-state index < -0.39 is 0 Å². The van der Waals surface area contributed by atoms with Crippen molar-refractivity contribution < 1.29 is 4.92 Å². The lowest BCUT2D eigenvalue weighted by atomic mass is 9.75. The Kier molecular flexibility index (Phi) is 4.39. The molecule has 2 aliphatic rings. The van der Waals surface area contributed by atoms with Crippen LogP contribution in [0.4, 0.5) is 0 Å². The first-order valence-electron chi connectivity index (χ1n) is 7.91. The van der Waals surface area contributed by atoms with Gasteiger partial charge in [-0.15, -0.1) is 0 Å². The first-order chi connectivity index (χ1) is 10.7. The number of nitrogens with zero attached hydrogens (tertiary/aromatic N) is 2. The van der Waals surface area contributed by atoms with Crippen LogP contribution in [0.2, 0.25) is 0 Å². The smallest absolute Gasteiger partial charge is 0.225 e. The van der Waals surface area contributed by atoms with E-state index in [1.54, 1.807) is 0 Å². The standard InChI is InChI=1S/C18H22N2O2/c1-2-15-12-19(11-14-6-4-3-5-7-14)17-9-8-16(13-20(21)22)18(15)10-17/h2-8,17-18H,9-13H2,1H3/b15-2-. The lowest BCUT2D eigenvalue weighted by Crippen LogP contribution is -2.46. The largest absolute Gasteiger partial charge is 0.292 e. The van der Waals surface area contributed by atoms with Gasteiger partial charge in [0.25, 0.3) is 0 Å². The van der Waals surface area contributed by atoms with Crippen LogP contribution >= 0.6 is 0 Å². The fourth-order valence-electron chi connectivity index (χ4n) is 3.73. The third kappa shape index (κ3) is 3.12. The molecule has 1 aliphatic heterocycles. The highest BCUT2D eigenvalue weighted by atomic mass is 16.6. The Hall–Kier alpha value is -1.94. The summed E-state index contributed by atoms with van der Waals surface area (Å²) in [6.45, 7) is 3.92. The normalized spacial score (nSPS) is 26.8. The van der Waals surface area contributed by atoms with Gasteiger partial charge in [0.2, 0.25) is 6.54 Å². The van der Waals surface area contributed by atoms with Crippen LogP contribution in [-0.2, 0) is 6.54 Å². The third-order valence-corrected chi connectivity index (χ3v) is 4.87. The highest BCUT2D eigenvalue weighted by Gasteiger charge is 2.36. The van der Waals surface area contributed by atoms with Crippen molar-refractivity contribution in [3.63, 3.8) is 0 Å². The number of benzene rings is 1. The molecule has 0 spiro atoms. The molecular weight excluding hydrogens is 276 g/mol. The highest BCUT2D eigenvalue weighted by molar-refractivity contribution is 5.29. The number of nitro groups is 1. The van der Waals surface area contributed by atoms with E-state index >= 15 is 0 Å². The van der Waals surface area contributed by atoms with E-state index in [1.165, 1.54) is 11.1 Å². The number of piperidine rings is 1. The van der Waals surface area contributed by atoms with Gasteiger partial charge in [-0.1, -0.05) is 48.1 Å². The second-order valence-electron chi connectivity index (χ2n) is 6.20. The van der Waals surface area contributed by atoms with Crippen LogP contribution in [0.5, 0.6) is 0 Å². The lowest BCUT2D eigenvalue weighted by molar-refractivity contribution is -0.471. The van der Waals surface area contributed by atoms with Crippen LogP contribution < -0.4 is 0 Å². The molecule has 2 atom stereocenters. The molecule has 1 saturated heterocycles. The second-order valence-corrected chi connectivity index (χ2v) is 6.20. The molecule has 116 valence electrons. The van der Waals surface area contributed by atoms with Crippen molar-refractivity contribution in [3.8, 4) is 0 Å². The van der Waals surface area contributed by atoms with E-state index in [0.29, 0.717) is 6.04 Å². The van der Waals surface area contributed by atoms with E-state index in [1.807, 2.05) is 6.07 Å². The Bertz CT molecular complexity index is 607. The molecule has 1 heterocycles. The molecule has 0 amide bonds. The fraction of sp³-hybridized carbons (Fsp3) is 0.444. The average Bonchev–Trinajstić information content (AvgIpc) is 2.52. The average molecular weight is 298 g/mol. The van der Waals surface area contributed by atoms with Gasteiger partial charge < -0.3 is 0 Å². The zero-order valence-electron chi connectivity index (χ0n) is 12.9. The Morgan fingerprint density at radius 1 is 1.36 bits per heavy atom. The van der Waals surface area contributed by atoms with E-state index in [0.717, 1.165) is 31.5 Å². The van der Waals surface area contributed by atoms with Gasteiger partial charge in [-0.3, -0.25) is 15.0 Å². The number of hydrogen-bond donors (Lipinski definition) is 0. The highest BCUT2D eigenvalue weighted by Crippen LogP contribution is 2.39. The van der Waals surface area contributed by atoms with Crippen LogP contribution in [0.3, 0.4) is 0 Å². The summed E-state index contributed by atoms with van der Waals surface area (Å²) < 4.78 is 0. The number of hydrogen-bond acceptors (Lipinski definition) is 3. The molecule has 2 unspecified atom stereocenters. The van der Waals surface area contributed by atoms with E-state index in [-0.39, 0.29) is 17.4 Å². The zero-order chi connectivity index (χ0) is 15.5. The molecule has 0 aromatic heterocycles. The van der Waals surface area contributed by atoms with Crippen molar-refractivity contribution in [3.05, 3.63) is 69.3 Å². The van der Waals surface area contributed by atoms with Crippen LogP contribution in [0.15, 0.2) is 53.6 Å². The van der Waals surface area contributed by atoms with Crippen LogP contribution in [0, 0.1) is 16.0 Å². The molecule has 1 aromatic carbocycles. The molecule has 0 N–H and O–H groups in total. The Morgan fingerprint density at radius 2 is 2.14 bits per heavy atom. The molecule has 4 nitrogen and oxygen atoms in total. The van der Waals surface area contributed by atoms with Gasteiger partial charge in [0.15, 0.2) is 0 Å². The van der Waals surface area contributed by atoms with Gasteiger partial charge in [-0.05, 0) is 25.3 Å². The molecule has 2 bridgehead atoms. The van der Waals surface area contributed by atoms with Gasteiger partial charge >= 0.3 is 0 Å². The molecule has 1 aromatic rings. The van der Waals surface area contributed by atoms with Crippen molar-refractivity contribution in [1.29, 1.82) is 0 Å². The minimum absolute atomic E-state index is 0.00654. The maximum Gasteiger partial charge on any atom is 0.225 e. The molecule has 0 saturated carbocycles. The summed E-state index contributed by atoms with van der Waals surface area (Å²) in [4.78, 5) is 13.2. The second kappa shape index (κ2) is 6.44. The number of rotatable bonds is 4. The minimum atomic E-state index is -0.199. The minimum Gasteiger partial charge on any atom is -0.292 e. The Labute approximate surface area is 131 Å². The summed E-state index contributed by atoms with van der Waals surface area (Å²) in [5.74, 6) is 0.279. The summed E-state index contributed by atoms with van der Waals surface area (Å²) in [6, 6.07) is 11.0. The predicted molar refractivity (Wildman–Crippen MR) is 87.1 cm³/mol. The summed E-state index contributed by atoms with van der Waals surface area (Å²) in [5.41, 5.74) is 3.67. The third-order valence-electron chi connectivity index (χ3n) is 4.87.